The van der Waals surface area contributed by atoms with Crippen LogP contribution in [-0.2, 0) is 21.2 Å². The molecule has 176 valence electrons. The van der Waals surface area contributed by atoms with E-state index in [0.29, 0.717) is 13.0 Å². The van der Waals surface area contributed by atoms with Gasteiger partial charge in [0.25, 0.3) is 5.91 Å². The van der Waals surface area contributed by atoms with Gasteiger partial charge in [-0.25, -0.2) is 12.8 Å². The number of nitrogens with zero attached hydrogens (tertiary/aromatic N) is 1. The molecule has 10 heteroatoms. The average Bonchev–Trinajstić information content (AvgIpc) is 3.23. The third-order valence-corrected chi connectivity index (χ3v) is 7.35. The summed E-state index contributed by atoms with van der Waals surface area (Å²) >= 11 is 0. The second-order valence-electron chi connectivity index (χ2n) is 7.69. The molecule has 1 fully saturated rings. The van der Waals surface area contributed by atoms with Crippen LogP contribution in [-0.4, -0.2) is 61.4 Å². The van der Waals surface area contributed by atoms with Crippen LogP contribution in [0.3, 0.4) is 0 Å². The Hall–Kier alpha value is -3.08. The van der Waals surface area contributed by atoms with Crippen molar-refractivity contribution in [2.24, 2.45) is 0 Å². The van der Waals surface area contributed by atoms with E-state index in [4.69, 9.17) is 0 Å². The molecule has 0 aromatic heterocycles. The number of aliphatic hydroxyl groups excluding tert-OH is 1. The van der Waals surface area contributed by atoms with Gasteiger partial charge in [0.15, 0.2) is 0 Å². The molecule has 0 aliphatic carbocycles. The molecule has 2 aromatic carbocycles. The lowest BCUT2D eigenvalue weighted by Gasteiger charge is -2.22. The van der Waals surface area contributed by atoms with Gasteiger partial charge in [-0.15, -0.1) is 0 Å². The van der Waals surface area contributed by atoms with Crippen LogP contribution >= 0.6 is 0 Å². The molecule has 2 unspecified atom stereocenters. The fourth-order valence-corrected chi connectivity index (χ4v) is 5.43. The maximum atomic E-state index is 14.7. The lowest BCUT2D eigenvalue weighted by atomic mass is 10.1. The monoisotopic (exact) mass is 475 g/mol. The quantitative estimate of drug-likeness (QED) is 0.472. The lowest BCUT2D eigenvalue weighted by Crippen LogP contribution is -2.39. The molecule has 0 saturated carbocycles. The topological polar surface area (TPSA) is 116 Å². The van der Waals surface area contributed by atoms with Gasteiger partial charge in [0.1, 0.15) is 5.82 Å². The molecule has 1 saturated heterocycles. The Morgan fingerprint density at radius 2 is 1.94 bits per heavy atom. The summed E-state index contributed by atoms with van der Waals surface area (Å²) in [6.45, 7) is 3.13. The zero-order valence-corrected chi connectivity index (χ0v) is 18.7. The molecule has 2 atom stereocenters. The van der Waals surface area contributed by atoms with Crippen molar-refractivity contribution in [3.8, 4) is 0 Å². The number of carbonyl (C=O) groups is 2. The van der Waals surface area contributed by atoms with Crippen LogP contribution in [0.15, 0.2) is 66.1 Å². The highest BCUT2D eigenvalue weighted by molar-refractivity contribution is 7.89. The van der Waals surface area contributed by atoms with E-state index >= 15 is 0 Å². The van der Waals surface area contributed by atoms with Gasteiger partial charge in [-0.1, -0.05) is 36.9 Å². The summed E-state index contributed by atoms with van der Waals surface area (Å²) in [6.07, 6.45) is 1.85. The van der Waals surface area contributed by atoms with Crippen molar-refractivity contribution < 1.29 is 27.5 Å². The van der Waals surface area contributed by atoms with E-state index in [-0.39, 0.29) is 23.4 Å². The fraction of sp³-hybridized carbons (Fsp3) is 0.304. The first-order chi connectivity index (χ1) is 15.8. The van der Waals surface area contributed by atoms with Gasteiger partial charge >= 0.3 is 0 Å². The SMILES string of the molecule is C=CC(=O)NC1CC(CO)N(S(=O)(=O)c2ccc(C(=O)NCCc3ccccc3)c(F)c2)C1. The minimum Gasteiger partial charge on any atom is -0.395 e. The molecule has 2 amide bonds. The van der Waals surface area contributed by atoms with E-state index in [1.807, 2.05) is 30.3 Å². The van der Waals surface area contributed by atoms with Crippen molar-refractivity contribution in [3.63, 3.8) is 0 Å². The smallest absolute Gasteiger partial charge is 0.254 e. The Morgan fingerprint density at radius 3 is 2.58 bits per heavy atom. The highest BCUT2D eigenvalue weighted by atomic mass is 32.2. The summed E-state index contributed by atoms with van der Waals surface area (Å²) in [6, 6.07) is 11.3. The van der Waals surface area contributed by atoms with Crippen LogP contribution in [0.5, 0.6) is 0 Å². The van der Waals surface area contributed by atoms with Crippen LogP contribution in [0.1, 0.15) is 22.3 Å². The standard InChI is InChI=1S/C23H26FN3O5S/c1-2-22(29)26-17-12-18(15-28)27(14-17)33(31,32)19-8-9-20(21(24)13-19)23(30)25-11-10-16-6-4-3-5-7-16/h2-9,13,17-18,28H,1,10-12,14-15H2,(H,25,30)(H,26,29). The Balaban J connectivity index is 1.70. The molecule has 0 spiro atoms. The molecule has 0 radical (unpaired) electrons. The lowest BCUT2D eigenvalue weighted by molar-refractivity contribution is -0.117. The van der Waals surface area contributed by atoms with Crippen molar-refractivity contribution in [1.82, 2.24) is 14.9 Å². The number of aliphatic hydroxyl groups is 1. The van der Waals surface area contributed by atoms with Crippen molar-refractivity contribution in [1.29, 1.82) is 0 Å². The Bertz CT molecular complexity index is 1120. The van der Waals surface area contributed by atoms with E-state index in [9.17, 15) is 27.5 Å². The number of hydrogen-bond donors (Lipinski definition) is 3. The summed E-state index contributed by atoms with van der Waals surface area (Å²) in [4.78, 5) is 23.6. The Kier molecular flexibility index (Phi) is 7.96. The first-order valence-electron chi connectivity index (χ1n) is 10.4. The fourth-order valence-electron chi connectivity index (χ4n) is 3.75. The minimum absolute atomic E-state index is 0.0729. The molecular formula is C23H26FN3O5S. The van der Waals surface area contributed by atoms with E-state index in [1.165, 1.54) is 0 Å². The zero-order chi connectivity index (χ0) is 24.0. The first-order valence-corrected chi connectivity index (χ1v) is 11.9. The molecule has 3 N–H and O–H groups in total. The number of rotatable bonds is 9. The van der Waals surface area contributed by atoms with Gasteiger partial charge in [-0.2, -0.15) is 4.31 Å². The summed E-state index contributed by atoms with van der Waals surface area (Å²) < 4.78 is 41.9. The van der Waals surface area contributed by atoms with Crippen molar-refractivity contribution in [2.75, 3.05) is 19.7 Å². The molecular weight excluding hydrogens is 449 g/mol. The largest absolute Gasteiger partial charge is 0.395 e. The van der Waals surface area contributed by atoms with E-state index < -0.39 is 46.3 Å². The maximum Gasteiger partial charge on any atom is 0.254 e. The van der Waals surface area contributed by atoms with Gasteiger partial charge in [-0.05, 0) is 42.7 Å². The van der Waals surface area contributed by atoms with Gasteiger partial charge in [0, 0.05) is 19.1 Å². The second kappa shape index (κ2) is 10.7. The van der Waals surface area contributed by atoms with Crippen LogP contribution in [0.4, 0.5) is 4.39 Å². The molecule has 2 aromatic rings. The Labute approximate surface area is 192 Å². The third kappa shape index (κ3) is 5.84. The van der Waals surface area contributed by atoms with E-state index in [0.717, 1.165) is 34.1 Å². The molecule has 33 heavy (non-hydrogen) atoms. The molecule has 1 aliphatic heterocycles. The van der Waals surface area contributed by atoms with Crippen molar-refractivity contribution in [3.05, 3.63) is 78.1 Å². The molecule has 1 aliphatic rings. The molecule has 8 nitrogen and oxygen atoms in total. The molecule has 0 bridgehead atoms. The third-order valence-electron chi connectivity index (χ3n) is 5.44. The van der Waals surface area contributed by atoms with Crippen LogP contribution in [0.2, 0.25) is 0 Å². The predicted octanol–water partition coefficient (Wildman–Crippen LogP) is 1.22. The van der Waals surface area contributed by atoms with Gasteiger partial charge in [0.2, 0.25) is 15.9 Å². The van der Waals surface area contributed by atoms with Gasteiger partial charge in [-0.3, -0.25) is 9.59 Å². The maximum absolute atomic E-state index is 14.7. The van der Waals surface area contributed by atoms with Crippen LogP contribution in [0.25, 0.3) is 0 Å². The summed E-state index contributed by atoms with van der Waals surface area (Å²) in [5.41, 5.74) is 0.754. The second-order valence-corrected chi connectivity index (χ2v) is 9.58. The highest BCUT2D eigenvalue weighted by Gasteiger charge is 2.40. The first kappa shape index (κ1) is 24.6. The van der Waals surface area contributed by atoms with Crippen molar-refractivity contribution >= 4 is 21.8 Å². The number of sulfonamides is 1. The van der Waals surface area contributed by atoms with Crippen molar-refractivity contribution in [2.45, 2.75) is 29.8 Å². The number of benzene rings is 2. The predicted molar refractivity (Wildman–Crippen MR) is 120 cm³/mol. The summed E-state index contributed by atoms with van der Waals surface area (Å²) in [5.74, 6) is -2.07. The van der Waals surface area contributed by atoms with Crippen LogP contribution < -0.4 is 10.6 Å². The molecule has 3 rings (SSSR count). The summed E-state index contributed by atoms with van der Waals surface area (Å²) in [5, 5.41) is 14.9. The number of hydrogen-bond acceptors (Lipinski definition) is 5. The zero-order valence-electron chi connectivity index (χ0n) is 17.9. The van der Waals surface area contributed by atoms with Gasteiger partial charge in [0.05, 0.1) is 23.1 Å². The molecule has 1 heterocycles. The van der Waals surface area contributed by atoms with E-state index in [2.05, 4.69) is 17.2 Å². The number of carbonyl (C=O) groups excluding carboxylic acids is 2. The Morgan fingerprint density at radius 1 is 1.21 bits per heavy atom. The average molecular weight is 476 g/mol. The summed E-state index contributed by atoms with van der Waals surface area (Å²) in [7, 11) is -4.17. The van der Waals surface area contributed by atoms with E-state index in [1.54, 1.807) is 0 Å². The number of halogens is 1. The van der Waals surface area contributed by atoms with Gasteiger partial charge < -0.3 is 15.7 Å². The number of nitrogens with one attached hydrogen (secondary N) is 2. The number of amides is 2. The highest BCUT2D eigenvalue weighted by Crippen LogP contribution is 2.27. The minimum atomic E-state index is -4.17. The van der Waals surface area contributed by atoms with Crippen LogP contribution in [0, 0.1) is 5.82 Å². The normalized spacial score (nSPS) is 18.6.